The maximum absolute atomic E-state index is 3.70. The van der Waals surface area contributed by atoms with Crippen molar-refractivity contribution >= 4 is 15.9 Å². The van der Waals surface area contributed by atoms with Gasteiger partial charge in [0.1, 0.15) is 0 Å². The second-order valence-corrected chi connectivity index (χ2v) is 6.95. The van der Waals surface area contributed by atoms with Crippen LogP contribution >= 0.6 is 15.9 Å². The zero-order chi connectivity index (χ0) is 12.5. The summed E-state index contributed by atoms with van der Waals surface area (Å²) in [6, 6.07) is 8.66. The summed E-state index contributed by atoms with van der Waals surface area (Å²) in [5.41, 5.74) is 1.84. The summed E-state index contributed by atoms with van der Waals surface area (Å²) < 4.78 is 1.25. The van der Waals surface area contributed by atoms with E-state index in [4.69, 9.17) is 0 Å². The molecule has 1 N–H and O–H groups in total. The lowest BCUT2D eigenvalue weighted by atomic mass is 9.68. The van der Waals surface area contributed by atoms with Gasteiger partial charge in [0.2, 0.25) is 0 Å². The molecule has 0 radical (unpaired) electrons. The van der Waals surface area contributed by atoms with Crippen LogP contribution in [0.15, 0.2) is 28.7 Å². The average Bonchev–Trinajstić information content (AvgIpc) is 2.28. The van der Waals surface area contributed by atoms with Crippen LogP contribution in [0.3, 0.4) is 0 Å². The molecule has 2 heteroatoms. The van der Waals surface area contributed by atoms with Crippen LogP contribution in [0.4, 0.5) is 0 Å². The van der Waals surface area contributed by atoms with Gasteiger partial charge in [-0.2, -0.15) is 0 Å². The second-order valence-electron chi connectivity index (χ2n) is 6.09. The highest BCUT2D eigenvalue weighted by Crippen LogP contribution is 2.43. The maximum Gasteiger partial charge on any atom is 0.0210 e. The van der Waals surface area contributed by atoms with Crippen molar-refractivity contribution < 1.29 is 0 Å². The van der Waals surface area contributed by atoms with Crippen molar-refractivity contribution in [1.29, 1.82) is 0 Å². The van der Waals surface area contributed by atoms with E-state index in [1.54, 1.807) is 0 Å². The minimum Gasteiger partial charge on any atom is -0.316 e. The number of rotatable bonds is 1. The Bertz CT molecular complexity index is 381. The summed E-state index contributed by atoms with van der Waals surface area (Å²) >= 11 is 3.70. The number of benzene rings is 1. The van der Waals surface area contributed by atoms with Crippen molar-refractivity contribution in [3.8, 4) is 0 Å². The van der Waals surface area contributed by atoms with Crippen molar-refractivity contribution in [1.82, 2.24) is 5.32 Å². The molecule has 2 unspecified atom stereocenters. The molecule has 17 heavy (non-hydrogen) atoms. The van der Waals surface area contributed by atoms with Crippen LogP contribution in [-0.4, -0.2) is 13.1 Å². The summed E-state index contributed by atoms with van der Waals surface area (Å²) in [4.78, 5) is 0. The number of nitrogens with one attached hydrogen (secondary N) is 1. The summed E-state index contributed by atoms with van der Waals surface area (Å²) in [6.45, 7) is 9.36. The summed E-state index contributed by atoms with van der Waals surface area (Å²) in [7, 11) is 0. The summed E-state index contributed by atoms with van der Waals surface area (Å²) in [5.74, 6) is 1.38. The number of hydrogen-bond acceptors (Lipinski definition) is 1. The predicted molar refractivity (Wildman–Crippen MR) is 77.3 cm³/mol. The van der Waals surface area contributed by atoms with Crippen molar-refractivity contribution in [3.63, 3.8) is 0 Å². The van der Waals surface area contributed by atoms with E-state index >= 15 is 0 Å². The van der Waals surface area contributed by atoms with Crippen molar-refractivity contribution in [3.05, 3.63) is 34.3 Å². The predicted octanol–water partition coefficient (Wildman–Crippen LogP) is 4.19. The Hall–Kier alpha value is -0.340. The first kappa shape index (κ1) is 13.1. The highest BCUT2D eigenvalue weighted by atomic mass is 79.9. The highest BCUT2D eigenvalue weighted by molar-refractivity contribution is 9.10. The molecule has 1 aliphatic heterocycles. The lowest BCUT2D eigenvalue weighted by Gasteiger charge is -2.41. The smallest absolute Gasteiger partial charge is 0.0210 e. The summed E-state index contributed by atoms with van der Waals surface area (Å²) in [5, 5.41) is 3.54. The van der Waals surface area contributed by atoms with Crippen LogP contribution in [0.25, 0.3) is 0 Å². The maximum atomic E-state index is 3.70. The molecule has 1 nitrogen and oxygen atoms in total. The molecule has 1 heterocycles. The van der Waals surface area contributed by atoms with Gasteiger partial charge in [-0.1, -0.05) is 54.9 Å². The van der Waals surface area contributed by atoms with Gasteiger partial charge in [0, 0.05) is 16.9 Å². The standard InChI is InChI=1S/C15H22BrN/c1-15(2,3)13-8-9-17-10-12(13)11-6-4-5-7-14(11)16/h4-7,12-13,17H,8-10H2,1-3H3. The van der Waals surface area contributed by atoms with Gasteiger partial charge < -0.3 is 5.32 Å². The van der Waals surface area contributed by atoms with Gasteiger partial charge in [-0.15, -0.1) is 0 Å². The number of hydrogen-bond donors (Lipinski definition) is 1. The van der Waals surface area contributed by atoms with Crippen LogP contribution < -0.4 is 5.32 Å². The fourth-order valence-electron chi connectivity index (χ4n) is 3.00. The molecule has 0 aromatic heterocycles. The van der Waals surface area contributed by atoms with Crippen LogP contribution in [0.2, 0.25) is 0 Å². The molecule has 1 fully saturated rings. The number of halogens is 1. The minimum absolute atomic E-state index is 0.377. The van der Waals surface area contributed by atoms with E-state index in [2.05, 4.69) is 66.3 Å². The van der Waals surface area contributed by atoms with Crippen molar-refractivity contribution in [2.24, 2.45) is 11.3 Å². The van der Waals surface area contributed by atoms with E-state index in [-0.39, 0.29) is 0 Å². The molecule has 2 rings (SSSR count). The average molecular weight is 296 g/mol. The molecule has 1 saturated heterocycles. The zero-order valence-corrected chi connectivity index (χ0v) is 12.5. The normalized spacial score (nSPS) is 25.9. The first-order valence-corrected chi connectivity index (χ1v) is 7.24. The molecule has 0 spiro atoms. The van der Waals surface area contributed by atoms with Gasteiger partial charge >= 0.3 is 0 Å². The molecule has 0 amide bonds. The molecular weight excluding hydrogens is 274 g/mol. The lowest BCUT2D eigenvalue weighted by molar-refractivity contribution is 0.160. The fraction of sp³-hybridized carbons (Fsp3) is 0.600. The van der Waals surface area contributed by atoms with Gasteiger partial charge in [-0.05, 0) is 35.9 Å². The largest absolute Gasteiger partial charge is 0.316 e. The molecule has 0 saturated carbocycles. The van der Waals surface area contributed by atoms with Gasteiger partial charge in [0.05, 0.1) is 0 Å². The SMILES string of the molecule is CC(C)(C)C1CCNCC1c1ccccc1Br. The Morgan fingerprint density at radius 1 is 1.24 bits per heavy atom. The third-order valence-electron chi connectivity index (χ3n) is 3.90. The van der Waals surface area contributed by atoms with Crippen LogP contribution in [-0.2, 0) is 0 Å². The Morgan fingerprint density at radius 2 is 1.94 bits per heavy atom. The van der Waals surface area contributed by atoms with E-state index in [0.29, 0.717) is 11.3 Å². The minimum atomic E-state index is 0.377. The Balaban J connectivity index is 2.32. The molecule has 94 valence electrons. The van der Waals surface area contributed by atoms with Crippen LogP contribution in [0, 0.1) is 11.3 Å². The quantitative estimate of drug-likeness (QED) is 0.819. The molecule has 1 aromatic carbocycles. The Morgan fingerprint density at radius 3 is 2.59 bits per heavy atom. The van der Waals surface area contributed by atoms with E-state index in [9.17, 15) is 0 Å². The van der Waals surface area contributed by atoms with Gasteiger partial charge in [0.25, 0.3) is 0 Å². The van der Waals surface area contributed by atoms with E-state index in [0.717, 1.165) is 19.0 Å². The van der Waals surface area contributed by atoms with Crippen LogP contribution in [0.5, 0.6) is 0 Å². The van der Waals surface area contributed by atoms with Crippen molar-refractivity contribution in [2.75, 3.05) is 13.1 Å². The first-order chi connectivity index (χ1) is 8.00. The van der Waals surface area contributed by atoms with E-state index in [1.807, 2.05) is 0 Å². The molecule has 0 aliphatic carbocycles. The van der Waals surface area contributed by atoms with Crippen LogP contribution in [0.1, 0.15) is 38.7 Å². The monoisotopic (exact) mass is 295 g/mol. The topological polar surface area (TPSA) is 12.0 Å². The Kier molecular flexibility index (Phi) is 3.94. The van der Waals surface area contributed by atoms with Gasteiger partial charge in [-0.3, -0.25) is 0 Å². The molecular formula is C15H22BrN. The third-order valence-corrected chi connectivity index (χ3v) is 4.62. The zero-order valence-electron chi connectivity index (χ0n) is 11.0. The van der Waals surface area contributed by atoms with Gasteiger partial charge in [0.15, 0.2) is 0 Å². The lowest BCUT2D eigenvalue weighted by Crippen LogP contribution is -2.40. The Labute approximate surface area is 113 Å². The van der Waals surface area contributed by atoms with Crippen molar-refractivity contribution in [2.45, 2.75) is 33.1 Å². The second kappa shape index (κ2) is 5.11. The molecule has 0 bridgehead atoms. The highest BCUT2D eigenvalue weighted by Gasteiger charge is 2.35. The first-order valence-electron chi connectivity index (χ1n) is 6.45. The fourth-order valence-corrected chi connectivity index (χ4v) is 3.58. The molecule has 1 aromatic rings. The van der Waals surface area contributed by atoms with E-state index in [1.165, 1.54) is 16.5 Å². The molecule has 2 atom stereocenters. The molecule has 1 aliphatic rings. The number of piperidine rings is 1. The van der Waals surface area contributed by atoms with E-state index < -0.39 is 0 Å². The van der Waals surface area contributed by atoms with Gasteiger partial charge in [-0.25, -0.2) is 0 Å². The third kappa shape index (κ3) is 2.92. The summed E-state index contributed by atoms with van der Waals surface area (Å²) in [6.07, 6.45) is 1.27.